The van der Waals surface area contributed by atoms with Crippen LogP contribution in [0.5, 0.6) is 5.75 Å². The van der Waals surface area contributed by atoms with Crippen molar-refractivity contribution in [2.45, 2.75) is 6.61 Å². The van der Waals surface area contributed by atoms with E-state index in [0.29, 0.717) is 6.61 Å². The summed E-state index contributed by atoms with van der Waals surface area (Å²) in [5.74, 6) is 0.722. The Labute approximate surface area is 72.1 Å². The molecule has 1 N–H and O–H groups in total. The van der Waals surface area contributed by atoms with Crippen molar-refractivity contribution >= 4 is 0 Å². The summed E-state index contributed by atoms with van der Waals surface area (Å²) < 4.78 is 5.30. The molecule has 0 unspecified atom stereocenters. The maximum atomic E-state index is 8.91. The highest BCUT2D eigenvalue weighted by molar-refractivity contribution is 5.32. The van der Waals surface area contributed by atoms with Gasteiger partial charge in [-0.3, -0.25) is 0 Å². The largest absolute Gasteiger partial charge is 0.489 e. The van der Waals surface area contributed by atoms with E-state index in [9.17, 15) is 0 Å². The molecule has 0 aliphatic heterocycles. The van der Waals surface area contributed by atoms with Crippen LogP contribution in [0.2, 0.25) is 0 Å². The molecule has 0 spiro atoms. The topological polar surface area (TPSA) is 29.5 Å². The smallest absolute Gasteiger partial charge is 0.125 e. The van der Waals surface area contributed by atoms with Gasteiger partial charge in [-0.25, -0.2) is 0 Å². The lowest BCUT2D eigenvalue weighted by Crippen LogP contribution is -1.96. The van der Waals surface area contributed by atoms with Crippen LogP contribution in [0.3, 0.4) is 0 Å². The van der Waals surface area contributed by atoms with Gasteiger partial charge in [-0.2, -0.15) is 0 Å². The summed E-state index contributed by atoms with van der Waals surface area (Å²) in [7, 11) is 0. The molecular formula is C10H12O2. The summed E-state index contributed by atoms with van der Waals surface area (Å²) in [6.07, 6.45) is 1.67. The molecule has 64 valence electrons. The molecule has 2 nitrogen and oxygen atoms in total. The Morgan fingerprint density at radius 1 is 1.42 bits per heavy atom. The zero-order valence-electron chi connectivity index (χ0n) is 6.86. The van der Waals surface area contributed by atoms with Crippen LogP contribution in [-0.4, -0.2) is 11.7 Å². The molecular weight excluding hydrogens is 152 g/mol. The highest BCUT2D eigenvalue weighted by Crippen LogP contribution is 2.17. The maximum absolute atomic E-state index is 8.91. The van der Waals surface area contributed by atoms with Gasteiger partial charge in [-0.15, -0.1) is 0 Å². The fraction of sp³-hybridized carbons (Fsp3) is 0.200. The molecule has 0 amide bonds. The summed E-state index contributed by atoms with van der Waals surface area (Å²) in [5, 5.41) is 8.91. The minimum Gasteiger partial charge on any atom is -0.489 e. The van der Waals surface area contributed by atoms with Crippen molar-refractivity contribution in [1.82, 2.24) is 0 Å². The summed E-state index contributed by atoms with van der Waals surface area (Å²) in [6.45, 7) is 4.02. The zero-order chi connectivity index (χ0) is 8.81. The van der Waals surface area contributed by atoms with E-state index in [1.165, 1.54) is 0 Å². The lowest BCUT2D eigenvalue weighted by molar-refractivity contribution is 0.270. The van der Waals surface area contributed by atoms with Crippen LogP contribution in [0, 0.1) is 0 Å². The third kappa shape index (κ3) is 2.10. The first kappa shape index (κ1) is 8.81. The van der Waals surface area contributed by atoms with Gasteiger partial charge in [0.15, 0.2) is 0 Å². The van der Waals surface area contributed by atoms with Gasteiger partial charge in [0.1, 0.15) is 12.4 Å². The van der Waals surface area contributed by atoms with Gasteiger partial charge in [-0.1, -0.05) is 30.9 Å². The highest BCUT2D eigenvalue weighted by Gasteiger charge is 1.98. The lowest BCUT2D eigenvalue weighted by atomic mass is 10.2. The molecule has 0 saturated carbocycles. The number of hydrogen-bond donors (Lipinski definition) is 1. The second-order valence-corrected chi connectivity index (χ2v) is 2.37. The first-order valence-electron chi connectivity index (χ1n) is 3.81. The van der Waals surface area contributed by atoms with Crippen molar-refractivity contribution in [2.24, 2.45) is 0 Å². The lowest BCUT2D eigenvalue weighted by Gasteiger charge is -2.06. The van der Waals surface area contributed by atoms with Crippen LogP contribution in [-0.2, 0) is 6.61 Å². The van der Waals surface area contributed by atoms with Crippen molar-refractivity contribution in [2.75, 3.05) is 6.61 Å². The quantitative estimate of drug-likeness (QED) is 0.687. The van der Waals surface area contributed by atoms with Gasteiger partial charge in [0.2, 0.25) is 0 Å². The zero-order valence-corrected chi connectivity index (χ0v) is 6.86. The molecule has 0 heterocycles. The second-order valence-electron chi connectivity index (χ2n) is 2.37. The van der Waals surface area contributed by atoms with Crippen LogP contribution < -0.4 is 4.74 Å². The van der Waals surface area contributed by atoms with Crippen LogP contribution in [0.4, 0.5) is 0 Å². The van der Waals surface area contributed by atoms with Crippen LogP contribution in [0.1, 0.15) is 5.56 Å². The molecule has 1 aromatic carbocycles. The normalized spacial score (nSPS) is 9.42. The van der Waals surface area contributed by atoms with Crippen molar-refractivity contribution in [3.8, 4) is 5.75 Å². The van der Waals surface area contributed by atoms with E-state index >= 15 is 0 Å². The van der Waals surface area contributed by atoms with Crippen LogP contribution in [0.15, 0.2) is 36.9 Å². The van der Waals surface area contributed by atoms with Gasteiger partial charge in [0, 0.05) is 5.56 Å². The molecule has 0 saturated heterocycles. The number of benzene rings is 1. The monoisotopic (exact) mass is 164 g/mol. The van der Waals surface area contributed by atoms with Crippen molar-refractivity contribution < 1.29 is 9.84 Å². The number of hydrogen-bond acceptors (Lipinski definition) is 2. The predicted octanol–water partition coefficient (Wildman–Crippen LogP) is 1.74. The van der Waals surface area contributed by atoms with Crippen molar-refractivity contribution in [3.63, 3.8) is 0 Å². The maximum Gasteiger partial charge on any atom is 0.125 e. The van der Waals surface area contributed by atoms with Crippen LogP contribution >= 0.6 is 0 Å². The Balaban J connectivity index is 2.74. The third-order valence-corrected chi connectivity index (χ3v) is 1.50. The Bertz CT molecular complexity index is 256. The number of rotatable bonds is 4. The number of ether oxygens (including phenoxy) is 1. The van der Waals surface area contributed by atoms with E-state index in [0.717, 1.165) is 11.3 Å². The number of aliphatic hydroxyl groups is 1. The number of aliphatic hydroxyl groups excluding tert-OH is 1. The highest BCUT2D eigenvalue weighted by atomic mass is 16.5. The molecule has 1 rings (SSSR count). The van der Waals surface area contributed by atoms with E-state index < -0.39 is 0 Å². The summed E-state index contributed by atoms with van der Waals surface area (Å²) >= 11 is 0. The summed E-state index contributed by atoms with van der Waals surface area (Å²) in [6, 6.07) is 7.40. The van der Waals surface area contributed by atoms with Crippen molar-refractivity contribution in [1.29, 1.82) is 0 Å². The minimum absolute atomic E-state index is 0.00726. The van der Waals surface area contributed by atoms with Gasteiger partial charge >= 0.3 is 0 Å². The number of para-hydroxylation sites is 1. The molecule has 12 heavy (non-hydrogen) atoms. The Morgan fingerprint density at radius 2 is 2.17 bits per heavy atom. The standard InChI is InChI=1S/C10H12O2/c1-2-7-12-10-6-4-3-5-9(10)8-11/h2-6,11H,1,7-8H2. The molecule has 0 aliphatic carbocycles. The molecule has 0 bridgehead atoms. The Morgan fingerprint density at radius 3 is 2.83 bits per heavy atom. The Hall–Kier alpha value is -1.28. The molecule has 0 atom stereocenters. The second kappa shape index (κ2) is 4.57. The Kier molecular flexibility index (Phi) is 3.35. The predicted molar refractivity (Wildman–Crippen MR) is 48.1 cm³/mol. The fourth-order valence-electron chi connectivity index (χ4n) is 0.924. The molecule has 0 aromatic heterocycles. The summed E-state index contributed by atoms with van der Waals surface area (Å²) in [4.78, 5) is 0. The van der Waals surface area contributed by atoms with Gasteiger partial charge < -0.3 is 9.84 Å². The van der Waals surface area contributed by atoms with E-state index in [-0.39, 0.29) is 6.61 Å². The van der Waals surface area contributed by atoms with Crippen LogP contribution in [0.25, 0.3) is 0 Å². The molecule has 0 fully saturated rings. The first-order valence-corrected chi connectivity index (χ1v) is 3.81. The minimum atomic E-state index is 0.00726. The van der Waals surface area contributed by atoms with Gasteiger partial charge in [0.25, 0.3) is 0 Å². The SMILES string of the molecule is C=CCOc1ccccc1CO. The van der Waals surface area contributed by atoms with E-state index in [1.807, 2.05) is 24.3 Å². The van der Waals surface area contributed by atoms with Crippen molar-refractivity contribution in [3.05, 3.63) is 42.5 Å². The molecule has 0 aliphatic rings. The molecule has 0 radical (unpaired) electrons. The average molecular weight is 164 g/mol. The van der Waals surface area contributed by atoms with E-state index in [4.69, 9.17) is 9.84 Å². The third-order valence-electron chi connectivity index (χ3n) is 1.50. The molecule has 1 aromatic rings. The first-order chi connectivity index (χ1) is 5.88. The van der Waals surface area contributed by atoms with E-state index in [2.05, 4.69) is 6.58 Å². The fourth-order valence-corrected chi connectivity index (χ4v) is 0.924. The molecule has 2 heteroatoms. The van der Waals surface area contributed by atoms with Gasteiger partial charge in [-0.05, 0) is 6.07 Å². The van der Waals surface area contributed by atoms with E-state index in [1.54, 1.807) is 6.08 Å². The van der Waals surface area contributed by atoms with Gasteiger partial charge in [0.05, 0.1) is 6.61 Å². The average Bonchev–Trinajstić information content (AvgIpc) is 2.15. The summed E-state index contributed by atoms with van der Waals surface area (Å²) in [5.41, 5.74) is 0.805.